The van der Waals surface area contributed by atoms with Crippen LogP contribution < -0.4 is 0 Å². The molecule has 0 radical (unpaired) electrons. The van der Waals surface area contributed by atoms with E-state index in [4.69, 9.17) is 16.3 Å². The second-order valence-corrected chi connectivity index (χ2v) is 5.14. The zero-order chi connectivity index (χ0) is 14.0. The summed E-state index contributed by atoms with van der Waals surface area (Å²) in [5.41, 5.74) is 1.46. The minimum Gasteiger partial charge on any atom is -0.388 e. The molecule has 0 aromatic heterocycles. The van der Waals surface area contributed by atoms with Crippen LogP contribution >= 0.6 is 11.6 Å². The first-order chi connectivity index (χ1) is 9.02. The zero-order valence-corrected chi connectivity index (χ0v) is 11.9. The average molecular weight is 284 g/mol. The number of carbonyl (C=O) groups is 1. The standard InChI is InChI=1S/C14H18ClNO3/c1-3-19-13-8-16(7-12(13)17)14(18)10-4-5-11(15)9(2)6-10/h4-6,12-13,17H,3,7-8H2,1-2H3. The predicted octanol–water partition coefficient (Wildman–Crippen LogP) is 1.87. The highest BCUT2D eigenvalue weighted by atomic mass is 35.5. The van der Waals surface area contributed by atoms with Crippen LogP contribution in [0.5, 0.6) is 0 Å². The summed E-state index contributed by atoms with van der Waals surface area (Å²) in [5, 5.41) is 10.5. The van der Waals surface area contributed by atoms with Crippen LogP contribution in [0.3, 0.4) is 0 Å². The molecule has 4 nitrogen and oxygen atoms in total. The highest BCUT2D eigenvalue weighted by molar-refractivity contribution is 6.31. The van der Waals surface area contributed by atoms with Crippen LogP contribution in [0, 0.1) is 6.92 Å². The Balaban J connectivity index is 2.10. The lowest BCUT2D eigenvalue weighted by atomic mass is 10.1. The number of likely N-dealkylation sites (tertiary alicyclic amines) is 1. The molecule has 1 fully saturated rings. The molecule has 0 spiro atoms. The van der Waals surface area contributed by atoms with Gasteiger partial charge in [-0.05, 0) is 37.6 Å². The highest BCUT2D eigenvalue weighted by Crippen LogP contribution is 2.20. The molecule has 1 amide bonds. The van der Waals surface area contributed by atoms with Gasteiger partial charge in [0.15, 0.2) is 0 Å². The Labute approximate surface area is 117 Å². The quantitative estimate of drug-likeness (QED) is 0.921. The van der Waals surface area contributed by atoms with Crippen LogP contribution in [-0.4, -0.2) is 47.8 Å². The van der Waals surface area contributed by atoms with Crippen LogP contribution in [0.25, 0.3) is 0 Å². The lowest BCUT2D eigenvalue weighted by Gasteiger charge is -2.16. The van der Waals surface area contributed by atoms with Crippen molar-refractivity contribution in [2.24, 2.45) is 0 Å². The van der Waals surface area contributed by atoms with Crippen molar-refractivity contribution >= 4 is 17.5 Å². The van der Waals surface area contributed by atoms with Crippen molar-refractivity contribution in [1.82, 2.24) is 4.90 Å². The zero-order valence-electron chi connectivity index (χ0n) is 11.1. The number of hydrogen-bond acceptors (Lipinski definition) is 3. The second-order valence-electron chi connectivity index (χ2n) is 4.74. The summed E-state index contributed by atoms with van der Waals surface area (Å²) in [4.78, 5) is 13.9. The largest absolute Gasteiger partial charge is 0.388 e. The topological polar surface area (TPSA) is 49.8 Å². The van der Waals surface area contributed by atoms with Gasteiger partial charge in [0.25, 0.3) is 5.91 Å². The van der Waals surface area contributed by atoms with E-state index in [1.54, 1.807) is 23.1 Å². The molecule has 2 atom stereocenters. The fourth-order valence-electron chi connectivity index (χ4n) is 2.26. The molecule has 0 aliphatic carbocycles. The van der Waals surface area contributed by atoms with Crippen molar-refractivity contribution in [3.05, 3.63) is 34.3 Å². The van der Waals surface area contributed by atoms with E-state index < -0.39 is 6.10 Å². The van der Waals surface area contributed by atoms with Gasteiger partial charge in [0.05, 0.1) is 6.10 Å². The molecule has 0 saturated carbocycles. The normalized spacial score (nSPS) is 22.8. The Kier molecular flexibility index (Phi) is 4.45. The molecule has 2 rings (SSSR count). The van der Waals surface area contributed by atoms with E-state index in [1.807, 2.05) is 13.8 Å². The summed E-state index contributed by atoms with van der Waals surface area (Å²) in [7, 11) is 0. The number of amides is 1. The number of hydrogen-bond donors (Lipinski definition) is 1. The summed E-state index contributed by atoms with van der Waals surface area (Å²) in [6, 6.07) is 5.19. The molecule has 0 bridgehead atoms. The molecule has 1 aromatic carbocycles. The summed E-state index contributed by atoms with van der Waals surface area (Å²) in [5.74, 6) is -0.0963. The van der Waals surface area contributed by atoms with Crippen LogP contribution in [0.4, 0.5) is 0 Å². The van der Waals surface area contributed by atoms with Crippen LogP contribution in [0.2, 0.25) is 5.02 Å². The van der Waals surface area contributed by atoms with E-state index >= 15 is 0 Å². The molecule has 1 saturated heterocycles. The minimum atomic E-state index is -0.614. The molecule has 1 aliphatic rings. The van der Waals surface area contributed by atoms with Crippen LogP contribution in [0.15, 0.2) is 18.2 Å². The van der Waals surface area contributed by atoms with Crippen molar-refractivity contribution in [2.75, 3.05) is 19.7 Å². The SMILES string of the molecule is CCOC1CN(C(=O)c2ccc(Cl)c(C)c2)CC1O. The van der Waals surface area contributed by atoms with Gasteiger partial charge in [-0.25, -0.2) is 0 Å². The number of aryl methyl sites for hydroxylation is 1. The Morgan fingerprint density at radius 3 is 2.89 bits per heavy atom. The van der Waals surface area contributed by atoms with Gasteiger partial charge in [-0.1, -0.05) is 11.6 Å². The third-order valence-electron chi connectivity index (χ3n) is 3.31. The number of benzene rings is 1. The Morgan fingerprint density at radius 1 is 1.53 bits per heavy atom. The van der Waals surface area contributed by atoms with Gasteiger partial charge in [0.1, 0.15) is 6.10 Å². The van der Waals surface area contributed by atoms with E-state index in [-0.39, 0.29) is 12.0 Å². The van der Waals surface area contributed by atoms with Crippen molar-refractivity contribution in [3.8, 4) is 0 Å². The van der Waals surface area contributed by atoms with Crippen molar-refractivity contribution < 1.29 is 14.6 Å². The molecule has 1 aromatic rings. The van der Waals surface area contributed by atoms with Gasteiger partial charge < -0.3 is 14.7 Å². The number of halogens is 1. The van der Waals surface area contributed by atoms with E-state index in [0.29, 0.717) is 30.3 Å². The molecule has 2 unspecified atom stereocenters. The van der Waals surface area contributed by atoms with E-state index in [1.165, 1.54) is 0 Å². The first-order valence-corrected chi connectivity index (χ1v) is 6.75. The molecule has 104 valence electrons. The predicted molar refractivity (Wildman–Crippen MR) is 73.5 cm³/mol. The van der Waals surface area contributed by atoms with Gasteiger partial charge >= 0.3 is 0 Å². The molecule has 5 heteroatoms. The van der Waals surface area contributed by atoms with Crippen molar-refractivity contribution in [1.29, 1.82) is 0 Å². The van der Waals surface area contributed by atoms with Gasteiger partial charge in [-0.2, -0.15) is 0 Å². The van der Waals surface area contributed by atoms with Gasteiger partial charge in [-0.3, -0.25) is 4.79 Å². The molecular formula is C14H18ClNO3. The van der Waals surface area contributed by atoms with E-state index in [0.717, 1.165) is 5.56 Å². The molecular weight excluding hydrogens is 266 g/mol. The number of rotatable bonds is 3. The van der Waals surface area contributed by atoms with Crippen LogP contribution in [-0.2, 0) is 4.74 Å². The summed E-state index contributed by atoms with van der Waals surface area (Å²) in [6.07, 6.45) is -0.903. The maximum absolute atomic E-state index is 12.3. The monoisotopic (exact) mass is 283 g/mol. The Bertz CT molecular complexity index is 478. The Morgan fingerprint density at radius 2 is 2.26 bits per heavy atom. The maximum atomic E-state index is 12.3. The fourth-order valence-corrected chi connectivity index (χ4v) is 2.38. The van der Waals surface area contributed by atoms with E-state index in [2.05, 4.69) is 0 Å². The van der Waals surface area contributed by atoms with Crippen molar-refractivity contribution in [2.45, 2.75) is 26.1 Å². The summed E-state index contributed by atoms with van der Waals surface area (Å²) < 4.78 is 5.41. The van der Waals surface area contributed by atoms with Crippen molar-refractivity contribution in [3.63, 3.8) is 0 Å². The average Bonchev–Trinajstić information content (AvgIpc) is 2.74. The lowest BCUT2D eigenvalue weighted by Crippen LogP contribution is -2.30. The first kappa shape index (κ1) is 14.3. The smallest absolute Gasteiger partial charge is 0.254 e. The second kappa shape index (κ2) is 5.90. The van der Waals surface area contributed by atoms with Crippen LogP contribution in [0.1, 0.15) is 22.8 Å². The first-order valence-electron chi connectivity index (χ1n) is 6.38. The number of aliphatic hydroxyl groups is 1. The highest BCUT2D eigenvalue weighted by Gasteiger charge is 2.34. The molecule has 1 heterocycles. The number of ether oxygens (including phenoxy) is 1. The molecule has 1 N–H and O–H groups in total. The van der Waals surface area contributed by atoms with E-state index in [9.17, 15) is 9.90 Å². The fraction of sp³-hybridized carbons (Fsp3) is 0.500. The maximum Gasteiger partial charge on any atom is 0.254 e. The van der Waals surface area contributed by atoms with Gasteiger partial charge in [-0.15, -0.1) is 0 Å². The number of aliphatic hydroxyl groups excluding tert-OH is 1. The Hall–Kier alpha value is -1.10. The summed E-state index contributed by atoms with van der Waals surface area (Å²) >= 11 is 5.95. The third kappa shape index (κ3) is 3.08. The summed E-state index contributed by atoms with van der Waals surface area (Å²) in [6.45, 7) is 5.01. The molecule has 19 heavy (non-hydrogen) atoms. The van der Waals surface area contributed by atoms with Gasteiger partial charge in [0, 0.05) is 30.3 Å². The minimum absolute atomic E-state index is 0.0963. The number of nitrogens with zero attached hydrogens (tertiary/aromatic N) is 1. The lowest BCUT2D eigenvalue weighted by molar-refractivity contribution is -0.00237. The molecule has 1 aliphatic heterocycles. The van der Waals surface area contributed by atoms with Gasteiger partial charge in [0.2, 0.25) is 0 Å². The number of carbonyl (C=O) groups excluding carboxylic acids is 1. The number of β-amino-alcohol motifs (C(OH)–C–C–N with tert-alkyl or cyclic N) is 1. The third-order valence-corrected chi connectivity index (χ3v) is 3.73.